The first-order valence-corrected chi connectivity index (χ1v) is 9.39. The molecule has 0 saturated carbocycles. The number of carbonyl (C=O) groups excluding carboxylic acids is 1. The van der Waals surface area contributed by atoms with Crippen molar-refractivity contribution in [1.82, 2.24) is 9.29 Å². The fraction of sp³-hybridized carbons (Fsp3) is 0.286. The minimum absolute atomic E-state index is 0.195. The first-order chi connectivity index (χ1) is 12.0. The highest BCUT2D eigenvalue weighted by atomic mass is 32.2. The Morgan fingerprint density at radius 1 is 1.31 bits per heavy atom. The molecule has 1 amide bonds. The lowest BCUT2D eigenvalue weighted by molar-refractivity contribution is -0.173. The highest BCUT2D eigenvalue weighted by Gasteiger charge is 2.49. The molecule has 142 valence electrons. The minimum Gasteiger partial charge on any atom is -0.364 e. The van der Waals surface area contributed by atoms with E-state index in [2.05, 4.69) is 4.98 Å². The number of hydrogen-bond donors (Lipinski definition) is 1. The molecule has 26 heavy (non-hydrogen) atoms. The monoisotopic (exact) mass is 411 g/mol. The number of hydrogen-bond acceptors (Lipinski definition) is 5. The van der Waals surface area contributed by atoms with E-state index >= 15 is 0 Å². The van der Waals surface area contributed by atoms with Gasteiger partial charge in [-0.05, 0) is 17.7 Å². The maximum absolute atomic E-state index is 13.6. The molecule has 2 rings (SSSR count). The average Bonchev–Trinajstić information content (AvgIpc) is 3.03. The molecule has 1 unspecified atom stereocenters. The Labute approximate surface area is 150 Å². The zero-order chi connectivity index (χ0) is 19.7. The van der Waals surface area contributed by atoms with Gasteiger partial charge in [-0.15, -0.1) is 11.3 Å². The molecule has 0 saturated heterocycles. The Balaban J connectivity index is 2.56. The van der Waals surface area contributed by atoms with Crippen LogP contribution in [0.25, 0.3) is 0 Å². The molecule has 1 atom stereocenters. The quantitative estimate of drug-likeness (QED) is 0.740. The summed E-state index contributed by atoms with van der Waals surface area (Å²) in [6, 6.07) is 0.797. The molecule has 0 aliphatic heterocycles. The van der Waals surface area contributed by atoms with Crippen LogP contribution < -0.4 is 5.73 Å². The number of rotatable bonds is 6. The molecule has 6 nitrogen and oxygen atoms in total. The molecular weight excluding hydrogens is 398 g/mol. The summed E-state index contributed by atoms with van der Waals surface area (Å²) in [4.78, 5) is 14.6. The van der Waals surface area contributed by atoms with E-state index in [4.69, 9.17) is 5.73 Å². The van der Waals surface area contributed by atoms with Gasteiger partial charge >= 0.3 is 6.18 Å². The molecule has 2 aromatic rings. The van der Waals surface area contributed by atoms with Crippen LogP contribution in [-0.2, 0) is 10.0 Å². The molecule has 1 aromatic carbocycles. The fourth-order valence-corrected chi connectivity index (χ4v) is 4.79. The zero-order valence-corrected chi connectivity index (χ0v) is 14.8. The van der Waals surface area contributed by atoms with Gasteiger partial charge in [-0.2, -0.15) is 17.5 Å². The Kier molecular flexibility index (Phi) is 5.68. The molecule has 2 N–H and O–H groups in total. The Bertz CT molecular complexity index is 895. The maximum atomic E-state index is 13.6. The number of amides is 1. The maximum Gasteiger partial charge on any atom is 0.409 e. The van der Waals surface area contributed by atoms with E-state index in [1.54, 1.807) is 0 Å². The van der Waals surface area contributed by atoms with Crippen LogP contribution in [0.15, 0.2) is 34.7 Å². The van der Waals surface area contributed by atoms with Gasteiger partial charge in [-0.3, -0.25) is 4.79 Å². The molecule has 0 fully saturated rings. The lowest BCUT2D eigenvalue weighted by atomic mass is 10.1. The first-order valence-electron chi connectivity index (χ1n) is 7.07. The van der Waals surface area contributed by atoms with Crippen LogP contribution in [-0.4, -0.2) is 36.3 Å². The second-order valence-electron chi connectivity index (χ2n) is 5.06. The molecule has 0 aliphatic carbocycles. The largest absolute Gasteiger partial charge is 0.409 e. The molecule has 0 aliphatic rings. The number of thiazole rings is 1. The number of benzene rings is 1. The van der Waals surface area contributed by atoms with Gasteiger partial charge in [-0.1, -0.05) is 19.1 Å². The Morgan fingerprint density at radius 2 is 1.88 bits per heavy atom. The van der Waals surface area contributed by atoms with E-state index in [0.29, 0.717) is 11.3 Å². The number of nitrogens with two attached hydrogens (primary N) is 1. The van der Waals surface area contributed by atoms with E-state index in [0.717, 1.165) is 29.6 Å². The van der Waals surface area contributed by atoms with Crippen LogP contribution >= 0.6 is 11.3 Å². The summed E-state index contributed by atoms with van der Waals surface area (Å²) in [6.07, 6.45) is -4.97. The fourth-order valence-electron chi connectivity index (χ4n) is 2.27. The van der Waals surface area contributed by atoms with Crippen molar-refractivity contribution in [3.8, 4) is 0 Å². The van der Waals surface area contributed by atoms with Crippen LogP contribution in [0.3, 0.4) is 0 Å². The van der Waals surface area contributed by atoms with Gasteiger partial charge < -0.3 is 5.73 Å². The van der Waals surface area contributed by atoms with Crippen LogP contribution in [0.4, 0.5) is 17.6 Å². The van der Waals surface area contributed by atoms with Crippen molar-refractivity contribution in [3.05, 3.63) is 46.0 Å². The smallest absolute Gasteiger partial charge is 0.364 e. The third kappa shape index (κ3) is 4.02. The van der Waals surface area contributed by atoms with Crippen molar-refractivity contribution in [2.24, 2.45) is 5.73 Å². The van der Waals surface area contributed by atoms with E-state index in [1.165, 1.54) is 6.92 Å². The third-order valence-corrected chi connectivity index (χ3v) is 6.19. The lowest BCUT2D eigenvalue weighted by Gasteiger charge is -2.31. The van der Waals surface area contributed by atoms with Gasteiger partial charge in [0.25, 0.3) is 15.9 Å². The summed E-state index contributed by atoms with van der Waals surface area (Å²) in [5.74, 6) is -1.75. The number of primary amides is 1. The topological polar surface area (TPSA) is 93.4 Å². The summed E-state index contributed by atoms with van der Waals surface area (Å²) < 4.78 is 79.5. The second kappa shape index (κ2) is 7.29. The normalized spacial score (nSPS) is 13.8. The summed E-state index contributed by atoms with van der Waals surface area (Å²) in [7, 11) is -4.69. The molecule has 1 aromatic heterocycles. The number of alkyl halides is 3. The molecule has 0 bridgehead atoms. The van der Waals surface area contributed by atoms with E-state index in [1.807, 2.05) is 0 Å². The predicted molar refractivity (Wildman–Crippen MR) is 85.4 cm³/mol. The first kappa shape index (κ1) is 20.3. The summed E-state index contributed by atoms with van der Waals surface area (Å²) in [5, 5.41) is -0.115. The third-order valence-electron chi connectivity index (χ3n) is 3.36. The van der Waals surface area contributed by atoms with Crippen LogP contribution in [0.5, 0.6) is 0 Å². The summed E-state index contributed by atoms with van der Waals surface area (Å²) in [6.45, 7) is 0.689. The van der Waals surface area contributed by atoms with Crippen molar-refractivity contribution in [1.29, 1.82) is 0 Å². The highest BCUT2D eigenvalue weighted by molar-refractivity contribution is 7.89. The lowest BCUT2D eigenvalue weighted by Crippen LogP contribution is -2.42. The summed E-state index contributed by atoms with van der Waals surface area (Å²) >= 11 is 0.607. The van der Waals surface area contributed by atoms with Gasteiger partial charge in [0.2, 0.25) is 0 Å². The van der Waals surface area contributed by atoms with Crippen LogP contribution in [0.1, 0.15) is 28.3 Å². The van der Waals surface area contributed by atoms with Crippen molar-refractivity contribution in [2.75, 3.05) is 6.54 Å². The molecule has 12 heteroatoms. The van der Waals surface area contributed by atoms with Crippen LogP contribution in [0.2, 0.25) is 0 Å². The van der Waals surface area contributed by atoms with Gasteiger partial charge in [0.15, 0.2) is 10.0 Å². The van der Waals surface area contributed by atoms with Gasteiger partial charge in [0.1, 0.15) is 11.9 Å². The van der Waals surface area contributed by atoms with E-state index in [-0.39, 0.29) is 9.31 Å². The Morgan fingerprint density at radius 3 is 2.31 bits per heavy atom. The van der Waals surface area contributed by atoms with E-state index in [9.17, 15) is 30.8 Å². The SMILES string of the molecule is CCN(C(c1ccc(F)cc1)C(F)(F)F)S(=O)(=O)c1csc(C(N)=O)n1. The number of sulfonamides is 1. The number of aromatic nitrogens is 1. The van der Waals surface area contributed by atoms with Crippen molar-refractivity contribution in [3.63, 3.8) is 0 Å². The Hall–Kier alpha value is -2.05. The van der Waals surface area contributed by atoms with Gasteiger partial charge in [0.05, 0.1) is 0 Å². The van der Waals surface area contributed by atoms with Gasteiger partial charge in [0, 0.05) is 11.9 Å². The molecule has 1 heterocycles. The van der Waals surface area contributed by atoms with Crippen molar-refractivity contribution < 1.29 is 30.8 Å². The number of halogens is 4. The second-order valence-corrected chi connectivity index (χ2v) is 7.75. The number of carbonyl (C=O) groups is 1. The van der Waals surface area contributed by atoms with Gasteiger partial charge in [-0.25, -0.2) is 17.8 Å². The molecule has 0 spiro atoms. The molecule has 0 radical (unpaired) electrons. The number of nitrogens with zero attached hydrogens (tertiary/aromatic N) is 2. The van der Waals surface area contributed by atoms with E-state index < -0.39 is 51.1 Å². The standard InChI is InChI=1S/C14H13F4N3O3S2/c1-2-21(26(23,24)10-7-25-13(20-10)12(19)22)11(14(16,17)18)8-3-5-9(15)6-4-8/h3-7,11H,2H2,1H3,(H2,19,22). The van der Waals surface area contributed by atoms with Crippen molar-refractivity contribution >= 4 is 27.3 Å². The minimum atomic E-state index is -4.97. The average molecular weight is 411 g/mol. The highest BCUT2D eigenvalue weighted by Crippen LogP contribution is 2.40. The predicted octanol–water partition coefficient (Wildman–Crippen LogP) is 2.70. The molecular formula is C14H13F4N3O3S2. The zero-order valence-electron chi connectivity index (χ0n) is 13.2. The van der Waals surface area contributed by atoms with Crippen LogP contribution in [0, 0.1) is 5.82 Å². The summed E-state index contributed by atoms with van der Waals surface area (Å²) in [5.41, 5.74) is 4.55. The van der Waals surface area contributed by atoms with Crippen molar-refractivity contribution in [2.45, 2.75) is 24.2 Å².